The molecule has 0 spiro atoms. The topological polar surface area (TPSA) is 33.1 Å². The van der Waals surface area contributed by atoms with Gasteiger partial charge in [-0.1, -0.05) is 13.8 Å². The smallest absolute Gasteiger partial charge is 0.0637 e. The molecule has 92 valence electrons. The number of nitrogens with one attached hydrogen (secondary N) is 1. The molecule has 4 nitrogen and oxygen atoms in total. The van der Waals surface area contributed by atoms with Crippen molar-refractivity contribution in [3.8, 4) is 0 Å². The fourth-order valence-corrected chi connectivity index (χ4v) is 1.71. The van der Waals surface area contributed by atoms with Gasteiger partial charge in [-0.3, -0.25) is 4.68 Å². The molecule has 0 aromatic carbocycles. The number of hydrogen-bond acceptors (Lipinski definition) is 3. The van der Waals surface area contributed by atoms with E-state index < -0.39 is 0 Å². The Bertz CT molecular complexity index is 278. The molecule has 1 N–H and O–H groups in total. The van der Waals surface area contributed by atoms with E-state index in [4.69, 9.17) is 0 Å². The predicted octanol–water partition coefficient (Wildman–Crippen LogP) is 0.894. The number of likely N-dealkylation sites (N-methyl/N-ethyl adjacent to an activating group) is 1. The van der Waals surface area contributed by atoms with E-state index in [2.05, 4.69) is 35.2 Å². The maximum atomic E-state index is 4.34. The molecule has 1 aromatic rings. The molecule has 0 bridgehead atoms. The highest BCUT2D eigenvalue weighted by atomic mass is 15.2. The lowest BCUT2D eigenvalue weighted by molar-refractivity contribution is 0.303. The summed E-state index contributed by atoms with van der Waals surface area (Å²) in [6, 6.07) is 2.08. The van der Waals surface area contributed by atoms with Gasteiger partial charge in [0, 0.05) is 39.3 Å². The molecule has 1 heterocycles. The molecule has 0 aliphatic rings. The summed E-state index contributed by atoms with van der Waals surface area (Å²) in [4.78, 5) is 2.42. The predicted molar refractivity (Wildman–Crippen MR) is 67.6 cm³/mol. The van der Waals surface area contributed by atoms with Crippen LogP contribution < -0.4 is 5.32 Å². The van der Waals surface area contributed by atoms with E-state index in [9.17, 15) is 0 Å². The van der Waals surface area contributed by atoms with Gasteiger partial charge in [0.2, 0.25) is 0 Å². The number of aryl methyl sites for hydroxylation is 1. The quantitative estimate of drug-likeness (QED) is 0.666. The van der Waals surface area contributed by atoms with Crippen LogP contribution in [0.4, 0.5) is 0 Å². The SMILES string of the molecule is CCN(CC)CCNCCc1ccn(C)n1. The first-order valence-electron chi connectivity index (χ1n) is 6.17. The first-order valence-corrected chi connectivity index (χ1v) is 6.17. The minimum atomic E-state index is 1.01. The van der Waals surface area contributed by atoms with Gasteiger partial charge in [-0.15, -0.1) is 0 Å². The van der Waals surface area contributed by atoms with Gasteiger partial charge in [-0.25, -0.2) is 0 Å². The summed E-state index contributed by atoms with van der Waals surface area (Å²) >= 11 is 0. The van der Waals surface area contributed by atoms with Crippen molar-refractivity contribution in [2.75, 3.05) is 32.7 Å². The Balaban J connectivity index is 2.04. The van der Waals surface area contributed by atoms with E-state index in [-0.39, 0.29) is 0 Å². The Morgan fingerprint density at radius 1 is 1.31 bits per heavy atom. The maximum absolute atomic E-state index is 4.34. The second kappa shape index (κ2) is 7.41. The van der Waals surface area contributed by atoms with Crippen molar-refractivity contribution in [3.05, 3.63) is 18.0 Å². The Kier molecular flexibility index (Phi) is 6.11. The van der Waals surface area contributed by atoms with Crippen LogP contribution in [-0.2, 0) is 13.5 Å². The van der Waals surface area contributed by atoms with Crippen molar-refractivity contribution in [2.45, 2.75) is 20.3 Å². The first kappa shape index (κ1) is 13.2. The molecule has 0 atom stereocenters. The van der Waals surface area contributed by atoms with Crippen LogP contribution in [0.1, 0.15) is 19.5 Å². The second-order valence-corrected chi connectivity index (χ2v) is 4.01. The Morgan fingerprint density at radius 3 is 2.62 bits per heavy atom. The van der Waals surface area contributed by atoms with Crippen molar-refractivity contribution in [1.82, 2.24) is 20.0 Å². The van der Waals surface area contributed by atoms with Crippen molar-refractivity contribution in [3.63, 3.8) is 0 Å². The molecule has 0 unspecified atom stereocenters. The minimum Gasteiger partial charge on any atom is -0.315 e. The molecule has 0 aliphatic carbocycles. The zero-order valence-corrected chi connectivity index (χ0v) is 10.7. The van der Waals surface area contributed by atoms with Crippen LogP contribution in [-0.4, -0.2) is 47.4 Å². The number of nitrogens with zero attached hydrogens (tertiary/aromatic N) is 3. The standard InChI is InChI=1S/C12H24N4/c1-4-16(5-2)11-9-13-8-6-12-7-10-15(3)14-12/h7,10,13H,4-6,8-9,11H2,1-3H3. The van der Waals surface area contributed by atoms with Crippen molar-refractivity contribution >= 4 is 0 Å². The molecule has 0 radical (unpaired) electrons. The summed E-state index contributed by atoms with van der Waals surface area (Å²) in [6.45, 7) is 9.90. The van der Waals surface area contributed by atoms with E-state index in [0.29, 0.717) is 0 Å². The van der Waals surface area contributed by atoms with Crippen LogP contribution in [0.3, 0.4) is 0 Å². The highest BCUT2D eigenvalue weighted by Gasteiger charge is 1.98. The third-order valence-electron chi connectivity index (χ3n) is 2.83. The molecular formula is C12H24N4. The highest BCUT2D eigenvalue weighted by Crippen LogP contribution is 1.93. The van der Waals surface area contributed by atoms with Gasteiger partial charge in [0.15, 0.2) is 0 Å². The van der Waals surface area contributed by atoms with Gasteiger partial charge in [-0.2, -0.15) is 5.10 Å². The summed E-state index contributed by atoms with van der Waals surface area (Å²) < 4.78 is 1.85. The molecule has 1 rings (SSSR count). The minimum absolute atomic E-state index is 1.01. The zero-order valence-electron chi connectivity index (χ0n) is 10.7. The Morgan fingerprint density at radius 2 is 2.06 bits per heavy atom. The zero-order chi connectivity index (χ0) is 11.8. The van der Waals surface area contributed by atoms with E-state index in [1.54, 1.807) is 0 Å². The largest absolute Gasteiger partial charge is 0.315 e. The summed E-state index contributed by atoms with van der Waals surface area (Å²) in [5, 5.41) is 7.79. The summed E-state index contributed by atoms with van der Waals surface area (Å²) in [6.07, 6.45) is 3.00. The van der Waals surface area contributed by atoms with Gasteiger partial charge in [-0.05, 0) is 19.2 Å². The van der Waals surface area contributed by atoms with Gasteiger partial charge in [0.25, 0.3) is 0 Å². The molecule has 4 heteroatoms. The van der Waals surface area contributed by atoms with Crippen molar-refractivity contribution < 1.29 is 0 Å². The number of hydrogen-bond donors (Lipinski definition) is 1. The summed E-state index contributed by atoms with van der Waals surface area (Å²) in [5.74, 6) is 0. The van der Waals surface area contributed by atoms with Crippen LogP contribution in [0.25, 0.3) is 0 Å². The molecule has 0 saturated carbocycles. The third-order valence-corrected chi connectivity index (χ3v) is 2.83. The third kappa shape index (κ3) is 4.77. The normalized spacial score (nSPS) is 11.2. The lowest BCUT2D eigenvalue weighted by Crippen LogP contribution is -2.32. The number of rotatable bonds is 8. The molecular weight excluding hydrogens is 200 g/mol. The van der Waals surface area contributed by atoms with Gasteiger partial charge in [0.1, 0.15) is 0 Å². The molecule has 0 fully saturated rings. The molecule has 16 heavy (non-hydrogen) atoms. The lowest BCUT2D eigenvalue weighted by Gasteiger charge is -2.17. The van der Waals surface area contributed by atoms with Gasteiger partial charge in [0.05, 0.1) is 5.69 Å². The maximum Gasteiger partial charge on any atom is 0.0637 e. The van der Waals surface area contributed by atoms with Gasteiger partial charge >= 0.3 is 0 Å². The van der Waals surface area contributed by atoms with Crippen LogP contribution in [0.2, 0.25) is 0 Å². The van der Waals surface area contributed by atoms with Crippen molar-refractivity contribution in [2.24, 2.45) is 7.05 Å². The second-order valence-electron chi connectivity index (χ2n) is 4.01. The monoisotopic (exact) mass is 224 g/mol. The average Bonchev–Trinajstić information content (AvgIpc) is 2.70. The average molecular weight is 224 g/mol. The van der Waals surface area contributed by atoms with E-state index in [1.165, 1.54) is 0 Å². The lowest BCUT2D eigenvalue weighted by atomic mass is 10.3. The van der Waals surface area contributed by atoms with Crippen LogP contribution in [0.5, 0.6) is 0 Å². The fraction of sp³-hybridized carbons (Fsp3) is 0.750. The van der Waals surface area contributed by atoms with E-state index >= 15 is 0 Å². The molecule has 1 aromatic heterocycles. The van der Waals surface area contributed by atoms with E-state index in [0.717, 1.165) is 44.8 Å². The molecule has 0 saturated heterocycles. The van der Waals surface area contributed by atoms with Gasteiger partial charge < -0.3 is 10.2 Å². The Hall–Kier alpha value is -0.870. The van der Waals surface area contributed by atoms with Crippen LogP contribution >= 0.6 is 0 Å². The highest BCUT2D eigenvalue weighted by molar-refractivity contribution is 4.98. The molecule has 0 aliphatic heterocycles. The van der Waals surface area contributed by atoms with Crippen LogP contribution in [0, 0.1) is 0 Å². The summed E-state index contributed by atoms with van der Waals surface area (Å²) in [5.41, 5.74) is 1.16. The first-order chi connectivity index (χ1) is 7.76. The fourth-order valence-electron chi connectivity index (χ4n) is 1.71. The summed E-state index contributed by atoms with van der Waals surface area (Å²) in [7, 11) is 1.96. The van der Waals surface area contributed by atoms with Crippen molar-refractivity contribution in [1.29, 1.82) is 0 Å². The van der Waals surface area contributed by atoms with Crippen LogP contribution in [0.15, 0.2) is 12.3 Å². The van der Waals surface area contributed by atoms with E-state index in [1.807, 2.05) is 17.9 Å². The number of aromatic nitrogens is 2. The Labute approximate surface area is 98.6 Å². The molecule has 0 amide bonds.